The highest BCUT2D eigenvalue weighted by atomic mass is 79.9. The molecule has 3 nitrogen and oxygen atoms in total. The minimum atomic E-state index is -0.404. The van der Waals surface area contributed by atoms with Crippen LogP contribution in [0.5, 0.6) is 0 Å². The average molecular weight is 306 g/mol. The van der Waals surface area contributed by atoms with Gasteiger partial charge in [0.1, 0.15) is 5.60 Å². The molecule has 0 heterocycles. The van der Waals surface area contributed by atoms with Gasteiger partial charge in [0, 0.05) is 18.4 Å². The number of rotatable bonds is 2. The molecule has 0 radical (unpaired) electrons. The third kappa shape index (κ3) is 4.86. The highest BCUT2D eigenvalue weighted by Gasteiger charge is 2.28. The molecule has 0 aliphatic heterocycles. The molecule has 0 aromatic carbocycles. The van der Waals surface area contributed by atoms with E-state index < -0.39 is 5.60 Å². The number of carbonyl (C=O) groups is 1. The first kappa shape index (κ1) is 14.8. The molecule has 0 unspecified atom stereocenters. The van der Waals surface area contributed by atoms with E-state index >= 15 is 0 Å². The van der Waals surface area contributed by atoms with Gasteiger partial charge in [-0.15, -0.1) is 0 Å². The van der Waals surface area contributed by atoms with Crippen molar-refractivity contribution in [2.75, 3.05) is 12.4 Å². The normalized spacial score (nSPS) is 25.5. The first-order valence-corrected chi connectivity index (χ1v) is 7.47. The van der Waals surface area contributed by atoms with E-state index in [1.54, 1.807) is 4.90 Å². The molecule has 1 fully saturated rings. The number of hydrogen-bond donors (Lipinski definition) is 0. The average Bonchev–Trinajstić information content (AvgIpc) is 2.26. The largest absolute Gasteiger partial charge is 0.444 e. The van der Waals surface area contributed by atoms with Gasteiger partial charge in [0.15, 0.2) is 0 Å². The quantitative estimate of drug-likeness (QED) is 0.726. The summed E-state index contributed by atoms with van der Waals surface area (Å²) in [6.45, 7) is 5.71. The minimum Gasteiger partial charge on any atom is -0.444 e. The SMILES string of the molecule is CN(C(=O)OC(C)(C)C)[C@H]1CC[C@H](CBr)CC1. The van der Waals surface area contributed by atoms with Crippen LogP contribution in [0.2, 0.25) is 0 Å². The van der Waals surface area contributed by atoms with Gasteiger partial charge >= 0.3 is 6.09 Å². The standard InChI is InChI=1S/C13H24BrNO2/c1-13(2,3)17-12(16)15(4)11-7-5-10(9-14)6-8-11/h10-11H,5-9H2,1-4H3/t10-,11-. The Morgan fingerprint density at radius 2 is 1.82 bits per heavy atom. The molecule has 0 aromatic rings. The summed E-state index contributed by atoms with van der Waals surface area (Å²) in [6, 6.07) is 0.347. The molecule has 0 atom stereocenters. The fourth-order valence-corrected chi connectivity index (χ4v) is 2.82. The van der Waals surface area contributed by atoms with Crippen LogP contribution >= 0.6 is 15.9 Å². The van der Waals surface area contributed by atoms with Crippen molar-refractivity contribution < 1.29 is 9.53 Å². The van der Waals surface area contributed by atoms with Crippen molar-refractivity contribution in [2.45, 2.75) is 58.1 Å². The van der Waals surface area contributed by atoms with Crippen LogP contribution in [0.25, 0.3) is 0 Å². The molecule has 1 saturated carbocycles. The van der Waals surface area contributed by atoms with Crippen LogP contribution in [-0.2, 0) is 4.74 Å². The fraction of sp³-hybridized carbons (Fsp3) is 0.923. The number of alkyl halides is 1. The van der Waals surface area contributed by atoms with E-state index in [2.05, 4.69) is 15.9 Å². The summed E-state index contributed by atoms with van der Waals surface area (Å²) in [5.41, 5.74) is -0.404. The van der Waals surface area contributed by atoms with Crippen molar-refractivity contribution in [3.05, 3.63) is 0 Å². The fourth-order valence-electron chi connectivity index (χ4n) is 2.17. The lowest BCUT2D eigenvalue weighted by atomic mass is 9.87. The van der Waals surface area contributed by atoms with Gasteiger partial charge in [-0.2, -0.15) is 0 Å². The molecular formula is C13H24BrNO2. The Balaban J connectivity index is 2.43. The van der Waals surface area contributed by atoms with Crippen LogP contribution in [-0.4, -0.2) is 35.0 Å². The zero-order chi connectivity index (χ0) is 13.1. The third-order valence-corrected chi connectivity index (χ3v) is 4.18. The van der Waals surface area contributed by atoms with Crippen molar-refractivity contribution in [3.8, 4) is 0 Å². The van der Waals surface area contributed by atoms with Crippen molar-refractivity contribution in [3.63, 3.8) is 0 Å². The van der Waals surface area contributed by atoms with Crippen LogP contribution in [0, 0.1) is 5.92 Å². The van der Waals surface area contributed by atoms with Crippen LogP contribution < -0.4 is 0 Å². The lowest BCUT2D eigenvalue weighted by molar-refractivity contribution is 0.0176. The first-order chi connectivity index (χ1) is 7.83. The Bertz CT molecular complexity index is 255. The summed E-state index contributed by atoms with van der Waals surface area (Å²) < 4.78 is 5.38. The Labute approximate surface area is 113 Å². The zero-order valence-corrected chi connectivity index (χ0v) is 12.9. The molecule has 0 N–H and O–H groups in total. The second kappa shape index (κ2) is 6.07. The van der Waals surface area contributed by atoms with E-state index in [0.717, 1.165) is 24.1 Å². The Hall–Kier alpha value is -0.250. The summed E-state index contributed by atoms with van der Waals surface area (Å²) in [6.07, 6.45) is 4.38. The van der Waals surface area contributed by atoms with E-state index in [9.17, 15) is 4.79 Å². The molecule has 1 aliphatic carbocycles. The maximum absolute atomic E-state index is 11.9. The van der Waals surface area contributed by atoms with Gasteiger partial charge in [-0.05, 0) is 52.4 Å². The number of carbonyl (C=O) groups excluding carboxylic acids is 1. The highest BCUT2D eigenvalue weighted by molar-refractivity contribution is 9.09. The number of ether oxygens (including phenoxy) is 1. The highest BCUT2D eigenvalue weighted by Crippen LogP contribution is 2.28. The van der Waals surface area contributed by atoms with Gasteiger partial charge in [0.05, 0.1) is 0 Å². The number of hydrogen-bond acceptors (Lipinski definition) is 2. The molecule has 0 saturated heterocycles. The smallest absolute Gasteiger partial charge is 0.410 e. The van der Waals surface area contributed by atoms with Crippen molar-refractivity contribution in [1.82, 2.24) is 4.90 Å². The molecule has 0 spiro atoms. The molecule has 0 aromatic heterocycles. The second-order valence-electron chi connectivity index (χ2n) is 5.92. The van der Waals surface area contributed by atoms with Gasteiger partial charge in [-0.3, -0.25) is 0 Å². The van der Waals surface area contributed by atoms with E-state index in [1.807, 2.05) is 27.8 Å². The zero-order valence-electron chi connectivity index (χ0n) is 11.3. The van der Waals surface area contributed by atoms with Crippen LogP contribution in [0.15, 0.2) is 0 Å². The van der Waals surface area contributed by atoms with E-state index in [1.165, 1.54) is 12.8 Å². The maximum Gasteiger partial charge on any atom is 0.410 e. The van der Waals surface area contributed by atoms with Gasteiger partial charge in [-0.1, -0.05) is 15.9 Å². The maximum atomic E-state index is 11.9. The topological polar surface area (TPSA) is 29.5 Å². The van der Waals surface area contributed by atoms with Crippen molar-refractivity contribution >= 4 is 22.0 Å². The van der Waals surface area contributed by atoms with Crippen molar-refractivity contribution in [2.24, 2.45) is 5.92 Å². The first-order valence-electron chi connectivity index (χ1n) is 6.35. The molecular weight excluding hydrogens is 282 g/mol. The lowest BCUT2D eigenvalue weighted by Gasteiger charge is -2.35. The van der Waals surface area contributed by atoms with Crippen LogP contribution in [0.3, 0.4) is 0 Å². The molecule has 100 valence electrons. The summed E-state index contributed by atoms with van der Waals surface area (Å²) in [7, 11) is 1.85. The molecule has 0 bridgehead atoms. The van der Waals surface area contributed by atoms with Gasteiger partial charge in [0.2, 0.25) is 0 Å². The Morgan fingerprint density at radius 1 is 1.29 bits per heavy atom. The summed E-state index contributed by atoms with van der Waals surface area (Å²) in [5.74, 6) is 0.776. The molecule has 1 aliphatic rings. The molecule has 1 rings (SSSR count). The summed E-state index contributed by atoms with van der Waals surface area (Å²) >= 11 is 3.53. The van der Waals surface area contributed by atoms with E-state index in [0.29, 0.717) is 6.04 Å². The van der Waals surface area contributed by atoms with Gasteiger partial charge < -0.3 is 9.64 Å². The third-order valence-electron chi connectivity index (χ3n) is 3.26. The minimum absolute atomic E-state index is 0.195. The predicted molar refractivity (Wildman–Crippen MR) is 73.5 cm³/mol. The summed E-state index contributed by atoms with van der Waals surface area (Å²) in [5, 5.41) is 1.08. The van der Waals surface area contributed by atoms with Gasteiger partial charge in [0.25, 0.3) is 0 Å². The van der Waals surface area contributed by atoms with Gasteiger partial charge in [-0.25, -0.2) is 4.79 Å². The number of amides is 1. The van der Waals surface area contributed by atoms with Crippen LogP contribution in [0.4, 0.5) is 4.79 Å². The molecule has 4 heteroatoms. The molecule has 17 heavy (non-hydrogen) atoms. The number of nitrogens with zero attached hydrogens (tertiary/aromatic N) is 1. The lowest BCUT2D eigenvalue weighted by Crippen LogP contribution is -2.42. The Kier molecular flexibility index (Phi) is 5.29. The monoisotopic (exact) mass is 305 g/mol. The second-order valence-corrected chi connectivity index (χ2v) is 6.57. The number of halogens is 1. The van der Waals surface area contributed by atoms with Crippen LogP contribution in [0.1, 0.15) is 46.5 Å². The van der Waals surface area contributed by atoms with E-state index in [-0.39, 0.29) is 6.09 Å². The Morgan fingerprint density at radius 3 is 2.24 bits per heavy atom. The summed E-state index contributed by atoms with van der Waals surface area (Å²) in [4.78, 5) is 13.7. The van der Waals surface area contributed by atoms with E-state index in [4.69, 9.17) is 4.74 Å². The van der Waals surface area contributed by atoms with Crippen molar-refractivity contribution in [1.29, 1.82) is 0 Å². The predicted octanol–water partition coefficient (Wildman–Crippen LogP) is 3.81. The molecule has 1 amide bonds.